The van der Waals surface area contributed by atoms with Crippen molar-refractivity contribution in [1.29, 1.82) is 0 Å². The Morgan fingerprint density at radius 2 is 1.95 bits per heavy atom. The standard InChI is InChI=1S/C15H19N3S/c1-2-4-13(5-3-1)6-7-15(8-10-16-11-9-15)14-18-17-12-19-14/h1-5,12,16H,6-11H2. The minimum Gasteiger partial charge on any atom is -0.317 e. The number of aryl methyl sites for hydroxylation is 1. The molecule has 1 fully saturated rings. The van der Waals surface area contributed by atoms with Crippen molar-refractivity contribution in [3.63, 3.8) is 0 Å². The van der Waals surface area contributed by atoms with Crippen molar-refractivity contribution in [2.45, 2.75) is 31.1 Å². The molecule has 4 heteroatoms. The Labute approximate surface area is 118 Å². The SMILES string of the molecule is c1ccc(CCC2(c3nncs3)CCNCC2)cc1. The van der Waals surface area contributed by atoms with Gasteiger partial charge in [0.15, 0.2) is 0 Å². The highest BCUT2D eigenvalue weighted by Crippen LogP contribution is 2.38. The van der Waals surface area contributed by atoms with E-state index in [1.54, 1.807) is 11.3 Å². The lowest BCUT2D eigenvalue weighted by molar-refractivity contribution is 0.285. The molecule has 1 N–H and O–H groups in total. The molecule has 0 unspecified atom stereocenters. The first-order valence-electron chi connectivity index (χ1n) is 6.90. The summed E-state index contributed by atoms with van der Waals surface area (Å²) >= 11 is 1.71. The average molecular weight is 273 g/mol. The first-order valence-corrected chi connectivity index (χ1v) is 7.78. The van der Waals surface area contributed by atoms with Crippen molar-refractivity contribution in [1.82, 2.24) is 15.5 Å². The van der Waals surface area contributed by atoms with Crippen molar-refractivity contribution in [2.24, 2.45) is 0 Å². The van der Waals surface area contributed by atoms with Gasteiger partial charge in [-0.05, 0) is 44.3 Å². The maximum atomic E-state index is 4.37. The van der Waals surface area contributed by atoms with Crippen LogP contribution in [0.15, 0.2) is 35.8 Å². The van der Waals surface area contributed by atoms with Gasteiger partial charge in [-0.2, -0.15) is 0 Å². The quantitative estimate of drug-likeness (QED) is 0.931. The molecule has 3 nitrogen and oxygen atoms in total. The molecule has 2 aromatic rings. The molecule has 0 bridgehead atoms. The van der Waals surface area contributed by atoms with Gasteiger partial charge in [0.25, 0.3) is 0 Å². The van der Waals surface area contributed by atoms with E-state index >= 15 is 0 Å². The maximum Gasteiger partial charge on any atom is 0.123 e. The molecular weight excluding hydrogens is 254 g/mol. The van der Waals surface area contributed by atoms with Crippen LogP contribution < -0.4 is 5.32 Å². The van der Waals surface area contributed by atoms with Crippen molar-refractivity contribution in [3.8, 4) is 0 Å². The minimum absolute atomic E-state index is 0.238. The van der Waals surface area contributed by atoms with Crippen LogP contribution in [-0.2, 0) is 11.8 Å². The second-order valence-corrected chi connectivity index (χ2v) is 6.09. The van der Waals surface area contributed by atoms with Gasteiger partial charge in [0.1, 0.15) is 10.5 Å². The zero-order chi connectivity index (χ0) is 13.0. The molecule has 0 spiro atoms. The lowest BCUT2D eigenvalue weighted by Crippen LogP contribution is -2.40. The van der Waals surface area contributed by atoms with E-state index in [-0.39, 0.29) is 5.41 Å². The maximum absolute atomic E-state index is 4.37. The van der Waals surface area contributed by atoms with Gasteiger partial charge < -0.3 is 5.32 Å². The highest BCUT2D eigenvalue weighted by molar-refractivity contribution is 7.09. The summed E-state index contributed by atoms with van der Waals surface area (Å²) in [5, 5.41) is 13.1. The van der Waals surface area contributed by atoms with Crippen molar-refractivity contribution >= 4 is 11.3 Å². The molecule has 2 heterocycles. The number of rotatable bonds is 4. The number of hydrogen-bond acceptors (Lipinski definition) is 4. The van der Waals surface area contributed by atoms with Gasteiger partial charge in [-0.25, -0.2) is 0 Å². The molecule has 19 heavy (non-hydrogen) atoms. The average Bonchev–Trinajstić information content (AvgIpc) is 3.02. The highest BCUT2D eigenvalue weighted by Gasteiger charge is 2.36. The summed E-state index contributed by atoms with van der Waals surface area (Å²) in [6, 6.07) is 10.8. The Morgan fingerprint density at radius 3 is 2.63 bits per heavy atom. The van der Waals surface area contributed by atoms with Gasteiger partial charge in [0.05, 0.1) is 0 Å². The third kappa shape index (κ3) is 2.85. The Hall–Kier alpha value is -1.26. The molecule has 1 aromatic heterocycles. The van der Waals surface area contributed by atoms with E-state index in [4.69, 9.17) is 0 Å². The molecule has 0 aliphatic carbocycles. The molecule has 1 aliphatic heterocycles. The minimum atomic E-state index is 0.238. The summed E-state index contributed by atoms with van der Waals surface area (Å²) < 4.78 is 0. The third-order valence-corrected chi connectivity index (χ3v) is 5.05. The Balaban J connectivity index is 1.76. The Morgan fingerprint density at radius 1 is 1.16 bits per heavy atom. The molecule has 1 aromatic carbocycles. The van der Waals surface area contributed by atoms with Crippen LogP contribution in [0.25, 0.3) is 0 Å². The molecule has 3 rings (SSSR count). The number of hydrogen-bond donors (Lipinski definition) is 1. The molecule has 0 amide bonds. The molecule has 0 radical (unpaired) electrons. The zero-order valence-electron chi connectivity index (χ0n) is 11.0. The van der Waals surface area contributed by atoms with Crippen LogP contribution in [0.1, 0.15) is 29.8 Å². The van der Waals surface area contributed by atoms with E-state index in [0.29, 0.717) is 0 Å². The third-order valence-electron chi connectivity index (χ3n) is 4.11. The van der Waals surface area contributed by atoms with Gasteiger partial charge in [-0.1, -0.05) is 30.3 Å². The van der Waals surface area contributed by atoms with Gasteiger partial charge >= 0.3 is 0 Å². The van der Waals surface area contributed by atoms with Crippen LogP contribution in [0, 0.1) is 0 Å². The van der Waals surface area contributed by atoms with E-state index in [1.165, 1.54) is 29.8 Å². The number of piperidine rings is 1. The molecule has 1 aliphatic rings. The Kier molecular flexibility index (Phi) is 3.89. The summed E-state index contributed by atoms with van der Waals surface area (Å²) in [7, 11) is 0. The molecule has 0 atom stereocenters. The summed E-state index contributed by atoms with van der Waals surface area (Å²) in [4.78, 5) is 0. The monoisotopic (exact) mass is 273 g/mol. The normalized spacial score (nSPS) is 18.3. The summed E-state index contributed by atoms with van der Waals surface area (Å²) in [5.74, 6) is 0. The predicted molar refractivity (Wildman–Crippen MR) is 78.5 cm³/mol. The second kappa shape index (κ2) is 5.80. The summed E-state index contributed by atoms with van der Waals surface area (Å²) in [6.07, 6.45) is 4.65. The van der Waals surface area contributed by atoms with Gasteiger partial charge in [0.2, 0.25) is 0 Å². The fourth-order valence-corrected chi connectivity index (χ4v) is 3.75. The first kappa shape index (κ1) is 12.8. The van der Waals surface area contributed by atoms with Crippen molar-refractivity contribution in [2.75, 3.05) is 13.1 Å². The highest BCUT2D eigenvalue weighted by atomic mass is 32.1. The van der Waals surface area contributed by atoms with Gasteiger partial charge in [-0.15, -0.1) is 21.5 Å². The van der Waals surface area contributed by atoms with Crippen molar-refractivity contribution in [3.05, 3.63) is 46.4 Å². The predicted octanol–water partition coefficient (Wildman–Crippen LogP) is 2.79. The van der Waals surface area contributed by atoms with E-state index < -0.39 is 0 Å². The van der Waals surface area contributed by atoms with Crippen LogP contribution in [0.4, 0.5) is 0 Å². The summed E-state index contributed by atoms with van der Waals surface area (Å²) in [5.41, 5.74) is 3.52. The van der Waals surface area contributed by atoms with Crippen LogP contribution in [0.2, 0.25) is 0 Å². The number of benzene rings is 1. The van der Waals surface area contributed by atoms with E-state index in [1.807, 2.05) is 5.51 Å². The van der Waals surface area contributed by atoms with E-state index in [9.17, 15) is 0 Å². The smallest absolute Gasteiger partial charge is 0.123 e. The number of nitrogens with zero attached hydrogens (tertiary/aromatic N) is 2. The lowest BCUT2D eigenvalue weighted by atomic mass is 9.75. The fourth-order valence-electron chi connectivity index (χ4n) is 2.91. The Bertz CT molecular complexity index is 489. The number of aromatic nitrogens is 2. The number of nitrogens with one attached hydrogen (secondary N) is 1. The van der Waals surface area contributed by atoms with Crippen LogP contribution in [0.5, 0.6) is 0 Å². The topological polar surface area (TPSA) is 37.8 Å². The summed E-state index contributed by atoms with van der Waals surface area (Å²) in [6.45, 7) is 2.18. The first-order chi connectivity index (χ1) is 9.39. The molecular formula is C15H19N3S. The van der Waals surface area contributed by atoms with Gasteiger partial charge in [0, 0.05) is 5.41 Å². The second-order valence-electron chi connectivity index (χ2n) is 5.26. The largest absolute Gasteiger partial charge is 0.317 e. The van der Waals surface area contributed by atoms with Crippen LogP contribution >= 0.6 is 11.3 Å². The van der Waals surface area contributed by atoms with E-state index in [0.717, 1.165) is 19.5 Å². The lowest BCUT2D eigenvalue weighted by Gasteiger charge is -2.35. The molecule has 0 saturated carbocycles. The van der Waals surface area contributed by atoms with Gasteiger partial charge in [-0.3, -0.25) is 0 Å². The molecule has 1 saturated heterocycles. The van der Waals surface area contributed by atoms with E-state index in [2.05, 4.69) is 45.8 Å². The zero-order valence-corrected chi connectivity index (χ0v) is 11.8. The van der Waals surface area contributed by atoms with Crippen molar-refractivity contribution < 1.29 is 0 Å². The van der Waals surface area contributed by atoms with Crippen LogP contribution in [0.3, 0.4) is 0 Å². The fraction of sp³-hybridized carbons (Fsp3) is 0.467. The molecule has 100 valence electrons. The van der Waals surface area contributed by atoms with Crippen LogP contribution in [-0.4, -0.2) is 23.3 Å².